The topological polar surface area (TPSA) is 39.1 Å². The number of fused-ring (bicyclic) bond motifs is 3. The van der Waals surface area contributed by atoms with Gasteiger partial charge < -0.3 is 10.1 Å². The molecule has 0 saturated heterocycles. The first-order chi connectivity index (χ1) is 15.0. The molecule has 1 aliphatic heterocycles. The monoisotopic (exact) mass is 485 g/mol. The third kappa shape index (κ3) is 3.67. The average molecular weight is 486 g/mol. The van der Waals surface area contributed by atoms with Crippen molar-refractivity contribution in [2.45, 2.75) is 12.7 Å². The summed E-state index contributed by atoms with van der Waals surface area (Å²) >= 11 is 3.43. The molecule has 2 heterocycles. The molecule has 8 heteroatoms. The summed E-state index contributed by atoms with van der Waals surface area (Å²) in [6.45, 7) is -2.96. The number of halogens is 4. The predicted molar refractivity (Wildman–Crippen MR) is 117 cm³/mol. The Kier molecular flexibility index (Phi) is 4.94. The molecule has 4 aromatic rings. The molecule has 0 aliphatic carbocycles. The number of alkyl halides is 2. The van der Waals surface area contributed by atoms with E-state index in [9.17, 15) is 13.2 Å². The molecule has 31 heavy (non-hydrogen) atoms. The fraction of sp³-hybridized carbons (Fsp3) is 0.0870. The summed E-state index contributed by atoms with van der Waals surface area (Å²) in [4.78, 5) is 4.67. The molecule has 1 aromatic heterocycles. The van der Waals surface area contributed by atoms with Gasteiger partial charge in [0.1, 0.15) is 11.6 Å². The number of nitrogens with zero attached hydrogens (tertiary/aromatic N) is 2. The quantitative estimate of drug-likeness (QED) is 0.354. The van der Waals surface area contributed by atoms with E-state index >= 15 is 0 Å². The standard InChI is InChI=1S/C23H15BrF3N3O/c24-14-7-10-21(31-22(26)27)16(11-14)20-12-18(13-5-8-15(25)9-6-13)29-23-28-17-3-1-2-4-19(17)30(20)23/h1-12,20,22H,(H,28,29)/t20-/m1/s1. The lowest BCUT2D eigenvalue weighted by Crippen LogP contribution is -2.20. The van der Waals surface area contributed by atoms with E-state index in [2.05, 4.69) is 26.2 Å². The van der Waals surface area contributed by atoms with E-state index < -0.39 is 12.7 Å². The Morgan fingerprint density at radius 3 is 2.58 bits per heavy atom. The van der Waals surface area contributed by atoms with Gasteiger partial charge in [-0.1, -0.05) is 28.1 Å². The van der Waals surface area contributed by atoms with Crippen LogP contribution >= 0.6 is 15.9 Å². The fourth-order valence-corrected chi connectivity index (χ4v) is 4.17. The second-order valence-corrected chi connectivity index (χ2v) is 7.93. The molecule has 0 bridgehead atoms. The highest BCUT2D eigenvalue weighted by Crippen LogP contribution is 2.41. The number of nitrogens with one attached hydrogen (secondary N) is 1. The van der Waals surface area contributed by atoms with Crippen molar-refractivity contribution in [2.75, 3.05) is 5.32 Å². The van der Waals surface area contributed by atoms with Crippen molar-refractivity contribution in [1.82, 2.24) is 9.55 Å². The van der Waals surface area contributed by atoms with Crippen LogP contribution in [-0.2, 0) is 0 Å². The number of anilines is 1. The molecule has 0 radical (unpaired) electrons. The van der Waals surface area contributed by atoms with Crippen LogP contribution in [0.25, 0.3) is 16.7 Å². The van der Waals surface area contributed by atoms with Crippen molar-refractivity contribution in [3.05, 3.63) is 94.2 Å². The van der Waals surface area contributed by atoms with Gasteiger partial charge in [0.25, 0.3) is 0 Å². The Morgan fingerprint density at radius 2 is 1.81 bits per heavy atom. The number of allylic oxidation sites excluding steroid dienone is 1. The molecule has 1 N–H and O–H groups in total. The van der Waals surface area contributed by atoms with Gasteiger partial charge in [0.15, 0.2) is 0 Å². The van der Waals surface area contributed by atoms with Crippen LogP contribution in [0.4, 0.5) is 19.1 Å². The molecule has 0 saturated carbocycles. The highest BCUT2D eigenvalue weighted by atomic mass is 79.9. The summed E-state index contributed by atoms with van der Waals surface area (Å²) in [6.07, 6.45) is 1.90. The maximum absolute atomic E-state index is 13.4. The molecule has 0 fully saturated rings. The lowest BCUT2D eigenvalue weighted by Gasteiger charge is -2.28. The van der Waals surface area contributed by atoms with E-state index in [1.807, 2.05) is 34.9 Å². The van der Waals surface area contributed by atoms with Crippen LogP contribution in [0.5, 0.6) is 5.75 Å². The molecule has 0 spiro atoms. The summed E-state index contributed by atoms with van der Waals surface area (Å²) in [5.74, 6) is 0.281. The third-order valence-corrected chi connectivity index (χ3v) is 5.60. The van der Waals surface area contributed by atoms with Crippen LogP contribution in [0.3, 0.4) is 0 Å². The largest absolute Gasteiger partial charge is 0.434 e. The van der Waals surface area contributed by atoms with Crippen molar-refractivity contribution in [1.29, 1.82) is 0 Å². The zero-order chi connectivity index (χ0) is 21.5. The Balaban J connectivity index is 1.74. The number of aromatic nitrogens is 2. The maximum Gasteiger partial charge on any atom is 0.387 e. The van der Waals surface area contributed by atoms with E-state index in [1.165, 1.54) is 18.2 Å². The van der Waals surface area contributed by atoms with E-state index in [0.717, 1.165) is 21.1 Å². The minimum Gasteiger partial charge on any atom is -0.434 e. The van der Waals surface area contributed by atoms with Crippen molar-refractivity contribution in [3.8, 4) is 5.75 Å². The molecule has 0 amide bonds. The maximum atomic E-state index is 13.4. The van der Waals surface area contributed by atoms with E-state index in [1.54, 1.807) is 24.3 Å². The number of hydrogen-bond donors (Lipinski definition) is 1. The molecular weight excluding hydrogens is 471 g/mol. The molecule has 1 aliphatic rings. The Bertz CT molecular complexity index is 1300. The number of para-hydroxylation sites is 2. The van der Waals surface area contributed by atoms with Gasteiger partial charge in [-0.2, -0.15) is 8.78 Å². The van der Waals surface area contributed by atoms with Crippen molar-refractivity contribution in [3.63, 3.8) is 0 Å². The van der Waals surface area contributed by atoms with Gasteiger partial charge >= 0.3 is 6.61 Å². The smallest absolute Gasteiger partial charge is 0.387 e. The van der Waals surface area contributed by atoms with Gasteiger partial charge in [0, 0.05) is 15.7 Å². The summed E-state index contributed by atoms with van der Waals surface area (Å²) in [7, 11) is 0. The normalized spacial score (nSPS) is 15.5. The van der Waals surface area contributed by atoms with Gasteiger partial charge in [0.2, 0.25) is 5.95 Å². The van der Waals surface area contributed by atoms with Crippen LogP contribution in [0.1, 0.15) is 17.2 Å². The molecule has 5 rings (SSSR count). The second kappa shape index (κ2) is 7.77. The van der Waals surface area contributed by atoms with Gasteiger partial charge in [0.05, 0.1) is 17.1 Å². The number of rotatable bonds is 4. The number of hydrogen-bond acceptors (Lipinski definition) is 3. The third-order valence-electron chi connectivity index (χ3n) is 5.11. The highest BCUT2D eigenvalue weighted by molar-refractivity contribution is 9.10. The SMILES string of the molecule is Fc1ccc(C2=C[C@H](c3cc(Br)ccc3OC(F)F)n3c(nc4ccccc43)N2)cc1. The zero-order valence-electron chi connectivity index (χ0n) is 15.9. The van der Waals surface area contributed by atoms with E-state index in [4.69, 9.17) is 4.74 Å². The molecule has 0 unspecified atom stereocenters. The van der Waals surface area contributed by atoms with Crippen molar-refractivity contribution < 1.29 is 17.9 Å². The van der Waals surface area contributed by atoms with Crippen molar-refractivity contribution >= 4 is 38.6 Å². The van der Waals surface area contributed by atoms with Crippen LogP contribution in [0.2, 0.25) is 0 Å². The van der Waals surface area contributed by atoms with Crippen LogP contribution in [-0.4, -0.2) is 16.2 Å². The Hall–Kier alpha value is -3.26. The van der Waals surface area contributed by atoms with Gasteiger partial charge in [-0.25, -0.2) is 9.37 Å². The molecule has 4 nitrogen and oxygen atoms in total. The predicted octanol–water partition coefficient (Wildman–Crippen LogP) is 6.60. The Labute approximate surface area is 184 Å². The van der Waals surface area contributed by atoms with Crippen LogP contribution < -0.4 is 10.1 Å². The molecular formula is C23H15BrF3N3O. The lowest BCUT2D eigenvalue weighted by atomic mass is 10.00. The number of imidazole rings is 1. The zero-order valence-corrected chi connectivity index (χ0v) is 17.5. The minimum atomic E-state index is -2.96. The first-order valence-corrected chi connectivity index (χ1v) is 10.2. The van der Waals surface area contributed by atoms with Gasteiger partial charge in [-0.3, -0.25) is 4.57 Å². The first-order valence-electron chi connectivity index (χ1n) is 9.45. The summed E-state index contributed by atoms with van der Waals surface area (Å²) in [5, 5.41) is 3.29. The van der Waals surface area contributed by atoms with Crippen molar-refractivity contribution in [2.24, 2.45) is 0 Å². The number of ether oxygens (including phenoxy) is 1. The fourth-order valence-electron chi connectivity index (χ4n) is 3.79. The summed E-state index contributed by atoms with van der Waals surface area (Å²) < 4.78 is 47.2. The van der Waals surface area contributed by atoms with Gasteiger partial charge in [-0.15, -0.1) is 0 Å². The lowest BCUT2D eigenvalue weighted by molar-refractivity contribution is -0.0505. The van der Waals surface area contributed by atoms with Crippen LogP contribution in [0, 0.1) is 5.82 Å². The summed E-state index contributed by atoms with van der Waals surface area (Å²) in [5.41, 5.74) is 3.58. The molecule has 156 valence electrons. The molecule has 1 atom stereocenters. The minimum absolute atomic E-state index is 0.0727. The Morgan fingerprint density at radius 1 is 1.03 bits per heavy atom. The van der Waals surface area contributed by atoms with Gasteiger partial charge in [-0.05, 0) is 66.2 Å². The summed E-state index contributed by atoms with van der Waals surface area (Å²) in [6, 6.07) is 18.1. The number of benzene rings is 3. The van der Waals surface area contributed by atoms with Crippen LogP contribution in [0.15, 0.2) is 77.3 Å². The van der Waals surface area contributed by atoms with E-state index in [-0.39, 0.29) is 11.6 Å². The molecule has 3 aromatic carbocycles. The average Bonchev–Trinajstić information content (AvgIpc) is 3.13. The first kappa shape index (κ1) is 19.7. The van der Waals surface area contributed by atoms with E-state index in [0.29, 0.717) is 17.2 Å². The second-order valence-electron chi connectivity index (χ2n) is 7.01. The highest BCUT2D eigenvalue weighted by Gasteiger charge is 2.28.